The second-order valence-corrected chi connectivity index (χ2v) is 3.61. The van der Waals surface area contributed by atoms with E-state index in [1.165, 1.54) is 0 Å². The van der Waals surface area contributed by atoms with Crippen LogP contribution in [0.2, 0.25) is 0 Å². The summed E-state index contributed by atoms with van der Waals surface area (Å²) in [6.07, 6.45) is -1.95. The second kappa shape index (κ2) is 12.1. The number of rotatable bonds is 8. The first kappa shape index (κ1) is 19.3. The lowest BCUT2D eigenvalue weighted by Crippen LogP contribution is -2.47. The Bertz CT molecular complexity index is 355. The highest BCUT2D eigenvalue weighted by molar-refractivity contribution is 7.89. The lowest BCUT2D eigenvalue weighted by atomic mass is 9.74. The molecule has 0 radical (unpaired) electrons. The number of carbonyl (C=O) groups is 4. The van der Waals surface area contributed by atoms with E-state index in [9.17, 15) is 19.2 Å². The molecule has 0 bridgehead atoms. The summed E-state index contributed by atoms with van der Waals surface area (Å²) >= 11 is -0.313. The first-order valence-corrected chi connectivity index (χ1v) is 6.44. The van der Waals surface area contributed by atoms with Gasteiger partial charge in [0.15, 0.2) is 11.6 Å². The van der Waals surface area contributed by atoms with Crippen LogP contribution in [-0.4, -0.2) is 55.3 Å². The Labute approximate surface area is 129 Å². The zero-order valence-electron chi connectivity index (χ0n) is 10.3. The van der Waals surface area contributed by atoms with Gasteiger partial charge in [0, 0.05) is 0 Å². The molecule has 6 N–H and O–H groups in total. The molecule has 0 saturated heterocycles. The van der Waals surface area contributed by atoms with Crippen LogP contribution in [0.5, 0.6) is 0 Å². The van der Waals surface area contributed by atoms with Gasteiger partial charge >= 0.3 is 34.6 Å². The molecule has 0 fully saturated rings. The van der Waals surface area contributed by atoms with Gasteiger partial charge in [-0.1, -0.05) is 0 Å². The molecule has 0 aromatic carbocycles. The van der Waals surface area contributed by atoms with E-state index in [1.807, 2.05) is 0 Å². The third-order valence-corrected chi connectivity index (χ3v) is 2.04. The highest BCUT2D eigenvalue weighted by Gasteiger charge is 2.14. The van der Waals surface area contributed by atoms with Gasteiger partial charge in [0.25, 0.3) is 0 Å². The maximum Gasteiger partial charge on any atom is 0.410 e. The summed E-state index contributed by atoms with van der Waals surface area (Å²) in [4.78, 5) is 43.8. The van der Waals surface area contributed by atoms with E-state index in [2.05, 4.69) is 29.3 Å². The predicted molar refractivity (Wildman–Crippen MR) is 78.2 cm³/mol. The van der Waals surface area contributed by atoms with Crippen molar-refractivity contribution in [1.29, 1.82) is 0 Å². The third kappa shape index (κ3) is 11.8. The van der Waals surface area contributed by atoms with Crippen LogP contribution in [0.25, 0.3) is 0 Å². The molecule has 0 aliphatic heterocycles. The first-order valence-electron chi connectivity index (χ1n) is 5.04. The van der Waals surface area contributed by atoms with Crippen molar-refractivity contribution in [2.75, 3.05) is 0 Å². The topological polar surface area (TPSA) is 175 Å². The Morgan fingerprint density at radius 2 is 1.14 bits per heavy atom. The molecule has 0 heterocycles. The minimum absolute atomic E-state index is 0.157. The fraction of sp³-hybridized carbons (Fsp3) is 0. The van der Waals surface area contributed by atoms with E-state index in [4.69, 9.17) is 9.11 Å². The molecule has 0 aliphatic carbocycles. The van der Waals surface area contributed by atoms with E-state index >= 15 is 0 Å². The standard InChI is InChI=1S/C4H9B3N4O8S2/c12-1(8-6-10-3(14)18-20-16)5-2(13)9-7-11-4(15)19-21-17/h5-7,16-17H,(H,8,12)(H,9,13)(H,10,14)(H,11,15). The van der Waals surface area contributed by atoms with Crippen molar-refractivity contribution < 1.29 is 36.6 Å². The molecule has 0 atom stereocenters. The van der Waals surface area contributed by atoms with Gasteiger partial charge in [-0.2, -0.15) is 0 Å². The summed E-state index contributed by atoms with van der Waals surface area (Å²) in [6, 6.07) is 0. The van der Waals surface area contributed by atoms with Crippen molar-refractivity contribution in [2.45, 2.75) is 0 Å². The lowest BCUT2D eigenvalue weighted by molar-refractivity contribution is 0.210. The Morgan fingerprint density at radius 1 is 0.762 bits per heavy atom. The van der Waals surface area contributed by atoms with Crippen LogP contribution in [0.4, 0.5) is 19.2 Å². The van der Waals surface area contributed by atoms with Crippen LogP contribution in [0.3, 0.4) is 0 Å². The molecule has 0 rings (SSSR count). The van der Waals surface area contributed by atoms with E-state index in [1.54, 1.807) is 0 Å². The number of hydrogen-bond acceptors (Lipinski definition) is 10. The molecule has 17 heteroatoms. The van der Waals surface area contributed by atoms with Crippen LogP contribution in [-0.2, 0) is 8.37 Å². The molecule has 4 amide bonds. The van der Waals surface area contributed by atoms with Crippen LogP contribution in [0.1, 0.15) is 0 Å². The van der Waals surface area contributed by atoms with Crippen LogP contribution in [0, 0.1) is 0 Å². The average Bonchev–Trinajstić information content (AvgIpc) is 2.39. The molecule has 0 unspecified atom stereocenters. The molecule has 0 aromatic rings. The van der Waals surface area contributed by atoms with Crippen molar-refractivity contribution in [3.05, 3.63) is 0 Å². The summed E-state index contributed by atoms with van der Waals surface area (Å²) in [5, 5.41) is 8.45. The first-order chi connectivity index (χ1) is 9.99. The summed E-state index contributed by atoms with van der Waals surface area (Å²) in [7, 11) is -1.15. The molecule has 0 saturated carbocycles. The summed E-state index contributed by atoms with van der Waals surface area (Å²) in [5.74, 6) is -1.39. The molecule has 0 spiro atoms. The third-order valence-electron chi connectivity index (χ3n) is 1.58. The maximum atomic E-state index is 11.2. The largest absolute Gasteiger partial charge is 0.410 e. The number of nitrogens with one attached hydrogen (secondary N) is 4. The van der Waals surface area contributed by atoms with Crippen LogP contribution < -0.4 is 20.9 Å². The Balaban J connectivity index is 3.68. The number of amides is 4. The molecule has 0 aromatic heterocycles. The quantitative estimate of drug-likeness (QED) is 0.216. The molecule has 0 aliphatic rings. The monoisotopic (exact) mass is 338 g/mol. The lowest BCUT2D eigenvalue weighted by Gasteiger charge is -2.05. The maximum absolute atomic E-state index is 11.2. The summed E-state index contributed by atoms with van der Waals surface area (Å²) in [5.41, 5.74) is 0. The van der Waals surface area contributed by atoms with Gasteiger partial charge in [-0.15, -0.1) is 0 Å². The van der Waals surface area contributed by atoms with Crippen molar-refractivity contribution in [1.82, 2.24) is 20.9 Å². The summed E-state index contributed by atoms with van der Waals surface area (Å²) in [6.45, 7) is 0. The van der Waals surface area contributed by atoms with Gasteiger partial charge in [0.2, 0.25) is 24.6 Å². The summed E-state index contributed by atoms with van der Waals surface area (Å²) < 4.78 is 24.4. The molecular formula is C4H9B3N4O8S2. The van der Waals surface area contributed by atoms with E-state index in [-0.39, 0.29) is 39.7 Å². The van der Waals surface area contributed by atoms with Gasteiger partial charge in [-0.3, -0.25) is 18.7 Å². The molecule has 21 heavy (non-hydrogen) atoms. The van der Waals surface area contributed by atoms with E-state index in [0.717, 1.165) is 0 Å². The van der Waals surface area contributed by atoms with Gasteiger partial charge in [0.1, 0.15) is 0 Å². The smallest absolute Gasteiger partial charge is 0.391 e. The normalized spacial score (nSPS) is 8.67. The number of carbonyl (C=O) groups excluding carboxylic acids is 4. The SMILES string of the molecule is O=C(BC(=O)NBNC(=O)OSO)NBNC(=O)OSO. The Hall–Kier alpha value is -1.71. The van der Waals surface area contributed by atoms with Crippen molar-refractivity contribution >= 4 is 70.8 Å². The zero-order chi connectivity index (χ0) is 16.1. The van der Waals surface area contributed by atoms with Crippen molar-refractivity contribution in [3.8, 4) is 0 Å². The molecule has 12 nitrogen and oxygen atoms in total. The molecule has 114 valence electrons. The van der Waals surface area contributed by atoms with Crippen molar-refractivity contribution in [3.63, 3.8) is 0 Å². The minimum atomic E-state index is -0.975. The predicted octanol–water partition coefficient (Wildman–Crippen LogP) is -1.93. The second-order valence-electron chi connectivity index (χ2n) is 2.97. The van der Waals surface area contributed by atoms with E-state index < -0.39 is 31.1 Å². The van der Waals surface area contributed by atoms with Gasteiger partial charge < -0.3 is 29.3 Å². The Morgan fingerprint density at radius 3 is 1.48 bits per heavy atom. The fourth-order valence-corrected chi connectivity index (χ4v) is 1.08. The van der Waals surface area contributed by atoms with Gasteiger partial charge in [-0.25, -0.2) is 9.59 Å². The average molecular weight is 338 g/mol. The number of hydrogen-bond donors (Lipinski definition) is 6. The van der Waals surface area contributed by atoms with Crippen LogP contribution in [0.15, 0.2) is 0 Å². The van der Waals surface area contributed by atoms with Gasteiger partial charge in [0.05, 0.1) is 0 Å². The Kier molecular flexibility index (Phi) is 11.1. The fourth-order valence-electron chi connectivity index (χ4n) is 0.827. The minimum Gasteiger partial charge on any atom is -0.391 e. The van der Waals surface area contributed by atoms with Crippen molar-refractivity contribution in [2.24, 2.45) is 0 Å². The van der Waals surface area contributed by atoms with Crippen LogP contribution >= 0.6 is 24.6 Å². The highest BCUT2D eigenvalue weighted by Crippen LogP contribution is 1.92. The van der Waals surface area contributed by atoms with E-state index in [0.29, 0.717) is 0 Å². The molecular weight excluding hydrogens is 329 g/mol. The zero-order valence-corrected chi connectivity index (χ0v) is 11.9. The highest BCUT2D eigenvalue weighted by atomic mass is 32.2. The van der Waals surface area contributed by atoms with Gasteiger partial charge in [-0.05, 0) is 0 Å².